The smallest absolute Gasteiger partial charge is 0.306 e. The van der Waals surface area contributed by atoms with E-state index in [1.807, 2.05) is 30.3 Å². The van der Waals surface area contributed by atoms with Crippen LogP contribution >= 0.6 is 0 Å². The molecule has 1 heterocycles. The molecule has 0 unspecified atom stereocenters. The molecule has 88 valence electrons. The normalized spacial score (nSPS) is 30.6. The number of benzene rings is 1. The number of carboxylic acids is 1. The molecule has 4 heteroatoms. The summed E-state index contributed by atoms with van der Waals surface area (Å²) in [6.07, 6.45) is 1.15. The van der Waals surface area contributed by atoms with Crippen molar-refractivity contribution in [3.05, 3.63) is 35.9 Å². The van der Waals surface area contributed by atoms with E-state index in [1.54, 1.807) is 0 Å². The first-order valence-electron chi connectivity index (χ1n) is 5.77. The van der Waals surface area contributed by atoms with Gasteiger partial charge in [-0.25, -0.2) is 0 Å². The maximum absolute atomic E-state index is 11.0. The lowest BCUT2D eigenvalue weighted by Gasteiger charge is -2.08. The summed E-state index contributed by atoms with van der Waals surface area (Å²) in [6, 6.07) is 9.83. The third kappa shape index (κ3) is 1.69. The fraction of sp³-hybridized carbons (Fsp3) is 0.385. The van der Waals surface area contributed by atoms with Crippen LogP contribution in [0.1, 0.15) is 18.4 Å². The lowest BCUT2D eigenvalue weighted by molar-refractivity contribution is -0.141. The lowest BCUT2D eigenvalue weighted by atomic mass is 9.94. The number of rotatable bonds is 2. The summed E-state index contributed by atoms with van der Waals surface area (Å²) in [4.78, 5) is 16.3. The van der Waals surface area contributed by atoms with Crippen LogP contribution in [0.5, 0.6) is 0 Å². The van der Waals surface area contributed by atoms with E-state index in [1.165, 1.54) is 0 Å². The SMILES string of the molecule is O=C(O)[C@H]1C[C@@H]2C(c3ccccc3)=NO[C@@H]2C1. The summed E-state index contributed by atoms with van der Waals surface area (Å²) in [5.74, 6) is -0.881. The number of nitrogens with zero attached hydrogens (tertiary/aromatic N) is 1. The molecule has 0 amide bonds. The van der Waals surface area contributed by atoms with Gasteiger partial charge in [0.2, 0.25) is 0 Å². The average molecular weight is 231 g/mol. The second kappa shape index (κ2) is 3.87. The fourth-order valence-electron chi connectivity index (χ4n) is 2.67. The molecule has 17 heavy (non-hydrogen) atoms. The zero-order chi connectivity index (χ0) is 11.8. The van der Waals surface area contributed by atoms with Crippen molar-refractivity contribution in [1.29, 1.82) is 0 Å². The molecule has 0 saturated heterocycles. The highest BCUT2D eigenvalue weighted by molar-refractivity contribution is 6.03. The molecule has 3 atom stereocenters. The third-order valence-corrected chi connectivity index (χ3v) is 3.56. The molecule has 1 fully saturated rings. The van der Waals surface area contributed by atoms with Gasteiger partial charge in [0, 0.05) is 12.3 Å². The minimum absolute atomic E-state index is 0.0497. The molecule has 0 spiro atoms. The van der Waals surface area contributed by atoms with Crippen LogP contribution < -0.4 is 0 Å². The van der Waals surface area contributed by atoms with Crippen LogP contribution in [-0.2, 0) is 9.63 Å². The van der Waals surface area contributed by atoms with Crippen LogP contribution in [0.3, 0.4) is 0 Å². The van der Waals surface area contributed by atoms with Crippen molar-refractivity contribution in [2.45, 2.75) is 18.9 Å². The molecule has 0 bridgehead atoms. The molecule has 3 rings (SSSR count). The molecular weight excluding hydrogens is 218 g/mol. The zero-order valence-corrected chi connectivity index (χ0v) is 9.24. The molecule has 1 N–H and O–H groups in total. The summed E-state index contributed by atoms with van der Waals surface area (Å²) >= 11 is 0. The Morgan fingerprint density at radius 3 is 2.76 bits per heavy atom. The van der Waals surface area contributed by atoms with Gasteiger partial charge in [0.05, 0.1) is 11.6 Å². The second-order valence-corrected chi connectivity index (χ2v) is 4.60. The van der Waals surface area contributed by atoms with Gasteiger partial charge in [-0.05, 0) is 12.0 Å². The Hall–Kier alpha value is -1.84. The molecule has 1 aromatic carbocycles. The fourth-order valence-corrected chi connectivity index (χ4v) is 2.67. The highest BCUT2D eigenvalue weighted by atomic mass is 16.6. The summed E-state index contributed by atoms with van der Waals surface area (Å²) in [6.45, 7) is 0. The van der Waals surface area contributed by atoms with Crippen LogP contribution in [0.25, 0.3) is 0 Å². The van der Waals surface area contributed by atoms with Crippen molar-refractivity contribution in [2.75, 3.05) is 0 Å². The van der Waals surface area contributed by atoms with Gasteiger partial charge in [-0.15, -0.1) is 0 Å². The van der Waals surface area contributed by atoms with Crippen molar-refractivity contribution < 1.29 is 14.7 Å². The average Bonchev–Trinajstić information content (AvgIpc) is 2.89. The van der Waals surface area contributed by atoms with Gasteiger partial charge in [0.15, 0.2) is 0 Å². The first kappa shape index (κ1) is 10.3. The van der Waals surface area contributed by atoms with Gasteiger partial charge in [-0.1, -0.05) is 35.5 Å². The topological polar surface area (TPSA) is 58.9 Å². The summed E-state index contributed by atoms with van der Waals surface area (Å²) in [5.41, 5.74) is 1.94. The molecule has 0 aromatic heterocycles. The molecule has 0 radical (unpaired) electrons. The Morgan fingerprint density at radius 2 is 2.06 bits per heavy atom. The quantitative estimate of drug-likeness (QED) is 0.845. The van der Waals surface area contributed by atoms with Gasteiger partial charge < -0.3 is 9.94 Å². The van der Waals surface area contributed by atoms with E-state index < -0.39 is 5.97 Å². The highest BCUT2D eigenvalue weighted by Gasteiger charge is 2.45. The molecule has 1 saturated carbocycles. The van der Waals surface area contributed by atoms with Gasteiger partial charge in [0.1, 0.15) is 6.10 Å². The van der Waals surface area contributed by atoms with E-state index >= 15 is 0 Å². The van der Waals surface area contributed by atoms with Crippen LogP contribution in [0.2, 0.25) is 0 Å². The van der Waals surface area contributed by atoms with E-state index in [4.69, 9.17) is 9.94 Å². The second-order valence-electron chi connectivity index (χ2n) is 4.60. The summed E-state index contributed by atoms with van der Waals surface area (Å²) < 4.78 is 0. The lowest BCUT2D eigenvalue weighted by Crippen LogP contribution is -2.17. The van der Waals surface area contributed by atoms with Crippen molar-refractivity contribution >= 4 is 11.7 Å². The van der Waals surface area contributed by atoms with Gasteiger partial charge in [0.25, 0.3) is 0 Å². The molecule has 1 aliphatic carbocycles. The number of aliphatic carboxylic acids is 1. The van der Waals surface area contributed by atoms with Crippen LogP contribution in [0.4, 0.5) is 0 Å². The molecule has 1 aromatic rings. The minimum atomic E-state index is -0.726. The third-order valence-electron chi connectivity index (χ3n) is 3.56. The number of fused-ring (bicyclic) bond motifs is 1. The van der Waals surface area contributed by atoms with E-state index in [2.05, 4.69) is 5.16 Å². The van der Waals surface area contributed by atoms with Crippen LogP contribution in [-0.4, -0.2) is 22.9 Å². The maximum atomic E-state index is 11.0. The van der Waals surface area contributed by atoms with Crippen LogP contribution in [0, 0.1) is 11.8 Å². The number of carbonyl (C=O) groups is 1. The van der Waals surface area contributed by atoms with E-state index in [9.17, 15) is 4.79 Å². The van der Waals surface area contributed by atoms with Crippen molar-refractivity contribution in [3.8, 4) is 0 Å². The molecule has 2 aliphatic rings. The minimum Gasteiger partial charge on any atom is -0.481 e. The Morgan fingerprint density at radius 1 is 1.29 bits per heavy atom. The Labute approximate surface area is 98.9 Å². The number of carboxylic acid groups (broad SMARTS) is 1. The monoisotopic (exact) mass is 231 g/mol. The van der Waals surface area contributed by atoms with Crippen LogP contribution in [0.15, 0.2) is 35.5 Å². The van der Waals surface area contributed by atoms with Crippen molar-refractivity contribution in [2.24, 2.45) is 17.0 Å². The largest absolute Gasteiger partial charge is 0.481 e. The van der Waals surface area contributed by atoms with E-state index in [0.29, 0.717) is 12.8 Å². The maximum Gasteiger partial charge on any atom is 0.306 e. The Kier molecular flexibility index (Phi) is 2.35. The van der Waals surface area contributed by atoms with Crippen molar-refractivity contribution in [1.82, 2.24) is 0 Å². The summed E-state index contributed by atoms with van der Waals surface area (Å²) in [5, 5.41) is 13.1. The summed E-state index contributed by atoms with van der Waals surface area (Å²) in [7, 11) is 0. The highest BCUT2D eigenvalue weighted by Crippen LogP contribution is 2.39. The number of hydrogen-bond acceptors (Lipinski definition) is 3. The van der Waals surface area contributed by atoms with Gasteiger partial charge in [-0.3, -0.25) is 4.79 Å². The predicted octanol–water partition coefficient (Wildman–Crippen LogP) is 1.90. The molecular formula is C13H13NO3. The number of oxime groups is 1. The predicted molar refractivity (Wildman–Crippen MR) is 61.7 cm³/mol. The molecule has 1 aliphatic heterocycles. The van der Waals surface area contributed by atoms with E-state index in [0.717, 1.165) is 11.3 Å². The standard InChI is InChI=1S/C13H13NO3/c15-13(16)9-6-10-11(7-9)17-14-12(10)8-4-2-1-3-5-8/h1-5,9-11H,6-7H2,(H,15,16)/t9-,10-,11+/m0/s1. The van der Waals surface area contributed by atoms with E-state index in [-0.39, 0.29) is 17.9 Å². The van der Waals surface area contributed by atoms with Gasteiger partial charge >= 0.3 is 5.97 Å². The zero-order valence-electron chi connectivity index (χ0n) is 9.24. The molecule has 4 nitrogen and oxygen atoms in total. The Bertz CT molecular complexity index is 469. The first-order valence-corrected chi connectivity index (χ1v) is 5.77. The first-order chi connectivity index (χ1) is 8.25. The van der Waals surface area contributed by atoms with Crippen molar-refractivity contribution in [3.63, 3.8) is 0 Å². The van der Waals surface area contributed by atoms with Gasteiger partial charge in [-0.2, -0.15) is 0 Å². The number of hydrogen-bond donors (Lipinski definition) is 1. The Balaban J connectivity index is 1.84.